The van der Waals surface area contributed by atoms with Crippen LogP contribution in [0, 0.1) is 0 Å². The number of nitrogens with one attached hydrogen (secondary N) is 3. The molecule has 0 saturated carbocycles. The normalized spacial score (nSPS) is 22.5. The Morgan fingerprint density at radius 2 is 0.761 bits per heavy atom. The van der Waals surface area contributed by atoms with Crippen LogP contribution >= 0.6 is 0 Å². The molecule has 0 spiro atoms. The molecular formula is C33H30AlN3O9. The Morgan fingerprint density at radius 3 is 0.978 bits per heavy atom. The number of benzene rings is 3. The van der Waals surface area contributed by atoms with Crippen LogP contribution in [0.15, 0.2) is 72.8 Å². The zero-order valence-corrected chi connectivity index (χ0v) is 26.2. The molecule has 46 heavy (non-hydrogen) atoms. The largest absolute Gasteiger partial charge is 3.00 e. The molecular weight excluding hydrogens is 609 g/mol. The number of para-hydroxylation sites is 3. The Kier molecular flexibility index (Phi) is 10.2. The molecule has 0 aliphatic carbocycles. The fourth-order valence-corrected chi connectivity index (χ4v) is 4.53. The van der Waals surface area contributed by atoms with E-state index in [2.05, 4.69) is 16.0 Å². The zero-order valence-electron chi connectivity index (χ0n) is 25.0. The topological polar surface area (TPSA) is 217 Å². The van der Waals surface area contributed by atoms with Gasteiger partial charge >= 0.3 is 17.4 Å². The molecule has 3 aromatic carbocycles. The van der Waals surface area contributed by atoms with Crippen molar-refractivity contribution in [1.82, 2.24) is 0 Å². The Bertz CT molecular complexity index is 1570. The van der Waals surface area contributed by atoms with E-state index in [0.717, 1.165) is 16.7 Å². The predicted molar refractivity (Wildman–Crippen MR) is 168 cm³/mol. The maximum absolute atomic E-state index is 10.9. The molecule has 3 aromatic rings. The Hall–Kier alpha value is -5.38. The van der Waals surface area contributed by atoms with E-state index in [0.29, 0.717) is 17.1 Å². The van der Waals surface area contributed by atoms with Gasteiger partial charge in [-0.15, -0.1) is 0 Å². The summed E-state index contributed by atoms with van der Waals surface area (Å²) in [7, 11) is 0. The van der Waals surface area contributed by atoms with Crippen LogP contribution in [0.4, 0.5) is 17.1 Å². The minimum atomic E-state index is -1.27. The number of carbonyl (C=O) groups is 3. The van der Waals surface area contributed by atoms with Crippen LogP contribution in [-0.2, 0) is 14.4 Å². The number of carboxylic acids is 3. The predicted octanol–water partition coefficient (Wildman–Crippen LogP) is 0.638. The van der Waals surface area contributed by atoms with Crippen molar-refractivity contribution in [3.8, 4) is 17.2 Å². The van der Waals surface area contributed by atoms with Gasteiger partial charge in [0.25, 0.3) is 0 Å². The Morgan fingerprint density at radius 1 is 0.522 bits per heavy atom. The molecule has 6 N–H and O–H groups in total. The summed E-state index contributed by atoms with van der Waals surface area (Å²) in [5.41, 5.74) is -0.273. The van der Waals surface area contributed by atoms with E-state index in [1.54, 1.807) is 54.6 Å². The SMILES string of the molecule is CC1(C(=O)[O-])C=Cc2cccc(O)c2N1.CC1(C(=O)[O-])C=Cc2cccc(O)c2N1.CC1(C(=O)[O-])C=Cc2cccc(O)c2N1.[Al+3]. The number of carboxylic acid groups (broad SMARTS) is 3. The number of fused-ring (bicyclic) bond motifs is 3. The molecule has 13 heteroatoms. The van der Waals surface area contributed by atoms with E-state index >= 15 is 0 Å². The number of phenols is 3. The van der Waals surface area contributed by atoms with Crippen LogP contribution in [0.3, 0.4) is 0 Å². The van der Waals surface area contributed by atoms with Crippen LogP contribution in [0.1, 0.15) is 37.5 Å². The number of phenolic OH excluding ortho intramolecular Hbond substituents is 3. The van der Waals surface area contributed by atoms with Crippen molar-refractivity contribution in [2.45, 2.75) is 37.4 Å². The van der Waals surface area contributed by atoms with Crippen LogP contribution in [0.25, 0.3) is 18.2 Å². The van der Waals surface area contributed by atoms with Crippen LogP contribution in [0.2, 0.25) is 0 Å². The number of rotatable bonds is 3. The molecule has 0 fully saturated rings. The number of hydrogen-bond donors (Lipinski definition) is 6. The average Bonchev–Trinajstić information content (AvgIpc) is 2.99. The first-order valence-corrected chi connectivity index (χ1v) is 13.6. The summed E-state index contributed by atoms with van der Waals surface area (Å²) in [6.45, 7) is 4.44. The molecule has 3 aliphatic heterocycles. The molecule has 3 aliphatic rings. The van der Waals surface area contributed by atoms with Crippen LogP contribution < -0.4 is 31.3 Å². The van der Waals surface area contributed by atoms with Gasteiger partial charge in [0.2, 0.25) is 0 Å². The second kappa shape index (κ2) is 13.3. The van der Waals surface area contributed by atoms with E-state index in [9.17, 15) is 45.0 Å². The van der Waals surface area contributed by atoms with E-state index in [4.69, 9.17) is 0 Å². The molecule has 3 unspecified atom stereocenters. The number of aromatic hydroxyl groups is 3. The summed E-state index contributed by atoms with van der Waals surface area (Å²) >= 11 is 0. The first-order chi connectivity index (χ1) is 21.1. The second-order valence-electron chi connectivity index (χ2n) is 11.1. The Balaban J connectivity index is 0.000000186. The van der Waals surface area contributed by atoms with Gasteiger partial charge < -0.3 is 61.0 Å². The van der Waals surface area contributed by atoms with Gasteiger partial charge in [-0.25, -0.2) is 0 Å². The maximum atomic E-state index is 10.9. The fraction of sp³-hybridized carbons (Fsp3) is 0.182. The molecule has 6 rings (SSSR count). The summed E-state index contributed by atoms with van der Waals surface area (Å²) in [6.07, 6.45) is 9.47. The monoisotopic (exact) mass is 639 g/mol. The van der Waals surface area contributed by atoms with Crippen molar-refractivity contribution >= 4 is 70.6 Å². The third-order valence-corrected chi connectivity index (χ3v) is 7.44. The Labute approximate surface area is 275 Å². The maximum Gasteiger partial charge on any atom is 3.00 e. The van der Waals surface area contributed by atoms with Gasteiger partial charge in [0.1, 0.15) is 17.2 Å². The molecule has 3 heterocycles. The van der Waals surface area contributed by atoms with E-state index in [-0.39, 0.29) is 34.6 Å². The summed E-state index contributed by atoms with van der Waals surface area (Å²) in [6, 6.07) is 14.9. The van der Waals surface area contributed by atoms with E-state index in [1.165, 1.54) is 57.2 Å². The summed E-state index contributed by atoms with van der Waals surface area (Å²) in [5.74, 6) is -3.59. The van der Waals surface area contributed by atoms with Gasteiger partial charge in [-0.05, 0) is 39.0 Å². The molecule has 0 amide bonds. The summed E-state index contributed by atoms with van der Waals surface area (Å²) in [4.78, 5) is 32.7. The van der Waals surface area contributed by atoms with Gasteiger partial charge in [0, 0.05) is 16.7 Å². The number of carbonyl (C=O) groups excluding carboxylic acids is 3. The van der Waals surface area contributed by atoms with Crippen molar-refractivity contribution in [2.75, 3.05) is 16.0 Å². The van der Waals surface area contributed by atoms with Crippen molar-refractivity contribution in [1.29, 1.82) is 0 Å². The number of hydrogen-bond acceptors (Lipinski definition) is 12. The first-order valence-electron chi connectivity index (χ1n) is 13.6. The zero-order chi connectivity index (χ0) is 33.2. The van der Waals surface area contributed by atoms with Crippen molar-refractivity contribution in [3.63, 3.8) is 0 Å². The number of anilines is 3. The standard InChI is InChI=1S/3C11H11NO3.Al/c3*1-11(10(14)15)6-5-7-3-2-4-8(13)9(7)12-11;/h3*2-6,12-13H,1H3,(H,14,15);/q;;;+3/p-3. The smallest absolute Gasteiger partial charge is 0.547 e. The molecule has 0 radical (unpaired) electrons. The molecule has 12 nitrogen and oxygen atoms in total. The fourth-order valence-electron chi connectivity index (χ4n) is 4.53. The quantitative estimate of drug-likeness (QED) is 0.172. The third kappa shape index (κ3) is 7.12. The third-order valence-electron chi connectivity index (χ3n) is 7.44. The van der Waals surface area contributed by atoms with Crippen LogP contribution in [0.5, 0.6) is 17.2 Å². The number of aliphatic carboxylic acids is 3. The average molecular weight is 640 g/mol. The molecule has 234 valence electrons. The van der Waals surface area contributed by atoms with Gasteiger partial charge in [-0.2, -0.15) is 0 Å². The van der Waals surface area contributed by atoms with Crippen LogP contribution in [-0.4, -0.2) is 67.2 Å². The molecule has 0 saturated heterocycles. The van der Waals surface area contributed by atoms with Gasteiger partial charge in [0.05, 0.1) is 51.6 Å². The van der Waals surface area contributed by atoms with Gasteiger partial charge in [-0.1, -0.05) is 72.9 Å². The minimum absolute atomic E-state index is 0. The van der Waals surface area contributed by atoms with E-state index in [1.807, 2.05) is 0 Å². The van der Waals surface area contributed by atoms with Gasteiger partial charge in [0.15, 0.2) is 0 Å². The van der Waals surface area contributed by atoms with Crippen molar-refractivity contribution in [2.24, 2.45) is 0 Å². The molecule has 0 bridgehead atoms. The first kappa shape index (κ1) is 35.1. The second-order valence-corrected chi connectivity index (χ2v) is 11.1. The molecule has 3 atom stereocenters. The van der Waals surface area contributed by atoms with Gasteiger partial charge in [-0.3, -0.25) is 0 Å². The van der Waals surface area contributed by atoms with E-state index < -0.39 is 34.5 Å². The minimum Gasteiger partial charge on any atom is -0.547 e. The summed E-state index contributed by atoms with van der Waals surface area (Å²) < 4.78 is 0. The van der Waals surface area contributed by atoms with Crippen molar-refractivity contribution < 1.29 is 45.0 Å². The van der Waals surface area contributed by atoms with Crippen molar-refractivity contribution in [3.05, 3.63) is 89.5 Å². The summed E-state index contributed by atoms with van der Waals surface area (Å²) in [5, 5.41) is 69.6. The molecule has 0 aromatic heterocycles.